The van der Waals surface area contributed by atoms with Crippen molar-refractivity contribution in [3.63, 3.8) is 0 Å². The Kier molecular flexibility index (Phi) is 3.09. The molecule has 2 rings (SSSR count). The van der Waals surface area contributed by atoms with Crippen molar-refractivity contribution < 1.29 is 19.4 Å². The molecule has 1 fully saturated rings. The number of ether oxygens (including phenoxy) is 1. The molecule has 0 aliphatic carbocycles. The first kappa shape index (κ1) is 12.6. The van der Waals surface area contributed by atoms with Crippen LogP contribution >= 0.6 is 0 Å². The van der Waals surface area contributed by atoms with Crippen LogP contribution in [0.3, 0.4) is 0 Å². The van der Waals surface area contributed by atoms with E-state index in [0.29, 0.717) is 5.56 Å². The van der Waals surface area contributed by atoms with Gasteiger partial charge in [-0.25, -0.2) is 4.79 Å². The fraction of sp³-hybridized carbons (Fsp3) is 0.385. The fourth-order valence-corrected chi connectivity index (χ4v) is 2.09. The number of carbonyl (C=O) groups is 2. The Morgan fingerprint density at radius 2 is 1.94 bits per heavy atom. The third-order valence-corrected chi connectivity index (χ3v) is 3.01. The number of rotatable bonds is 2. The van der Waals surface area contributed by atoms with Crippen LogP contribution in [-0.2, 0) is 9.53 Å². The number of nitrogens with zero attached hydrogens (tertiary/aromatic N) is 1. The van der Waals surface area contributed by atoms with E-state index in [9.17, 15) is 9.59 Å². The molecule has 96 valence electrons. The van der Waals surface area contributed by atoms with Crippen molar-refractivity contribution in [2.24, 2.45) is 0 Å². The zero-order valence-corrected chi connectivity index (χ0v) is 10.3. The molecule has 1 aromatic carbocycles. The maximum atomic E-state index is 12.4. The molecule has 1 heterocycles. The smallest absolute Gasteiger partial charge is 0.328 e. The summed E-state index contributed by atoms with van der Waals surface area (Å²) in [7, 11) is 0. The van der Waals surface area contributed by atoms with Crippen LogP contribution in [0.2, 0.25) is 0 Å². The molecule has 5 nitrogen and oxygen atoms in total. The number of hydrogen-bond donors (Lipinski definition) is 1. The third-order valence-electron chi connectivity index (χ3n) is 3.01. The largest absolute Gasteiger partial charge is 0.480 e. The summed E-state index contributed by atoms with van der Waals surface area (Å²) < 4.78 is 5.39. The monoisotopic (exact) mass is 249 g/mol. The predicted molar refractivity (Wildman–Crippen MR) is 64.1 cm³/mol. The minimum atomic E-state index is -1.05. The molecule has 0 aromatic heterocycles. The van der Waals surface area contributed by atoms with Crippen molar-refractivity contribution in [1.29, 1.82) is 0 Å². The molecule has 0 radical (unpaired) electrons. The summed E-state index contributed by atoms with van der Waals surface area (Å²) in [6.07, 6.45) is 0. The van der Waals surface area contributed by atoms with Crippen LogP contribution in [0.4, 0.5) is 0 Å². The van der Waals surface area contributed by atoms with E-state index < -0.39 is 17.7 Å². The first-order chi connectivity index (χ1) is 8.43. The fourth-order valence-electron chi connectivity index (χ4n) is 2.09. The average molecular weight is 249 g/mol. The molecule has 1 atom stereocenters. The number of carboxylic acid groups (broad SMARTS) is 1. The summed E-state index contributed by atoms with van der Waals surface area (Å²) in [6.45, 7) is 3.40. The molecule has 5 heteroatoms. The van der Waals surface area contributed by atoms with Crippen LogP contribution in [0.15, 0.2) is 30.3 Å². The van der Waals surface area contributed by atoms with Gasteiger partial charge in [0.25, 0.3) is 5.91 Å². The molecule has 1 aromatic rings. The molecule has 1 aliphatic heterocycles. The van der Waals surface area contributed by atoms with E-state index in [1.807, 2.05) is 0 Å². The summed E-state index contributed by atoms with van der Waals surface area (Å²) in [5.74, 6) is -1.38. The Morgan fingerprint density at radius 1 is 1.33 bits per heavy atom. The predicted octanol–water partition coefficient (Wildman–Crippen LogP) is 1.35. The van der Waals surface area contributed by atoms with Crippen LogP contribution in [0.25, 0.3) is 0 Å². The SMILES string of the molecule is CC1(C)OC[C@@H](C(=O)O)N1C(=O)c1ccccc1. The molecular formula is C13H15NO4. The van der Waals surface area contributed by atoms with E-state index in [-0.39, 0.29) is 12.5 Å². The second-order valence-corrected chi connectivity index (χ2v) is 4.65. The first-order valence-corrected chi connectivity index (χ1v) is 5.69. The highest BCUT2D eigenvalue weighted by atomic mass is 16.5. The summed E-state index contributed by atoms with van der Waals surface area (Å²) in [5.41, 5.74) is -0.446. The van der Waals surface area contributed by atoms with E-state index in [2.05, 4.69) is 0 Å². The Labute approximate surface area is 105 Å². The Morgan fingerprint density at radius 3 is 2.50 bits per heavy atom. The second kappa shape index (κ2) is 4.42. The maximum Gasteiger partial charge on any atom is 0.328 e. The van der Waals surface area contributed by atoms with Crippen molar-refractivity contribution in [3.05, 3.63) is 35.9 Å². The van der Waals surface area contributed by atoms with Crippen LogP contribution in [0.1, 0.15) is 24.2 Å². The van der Waals surface area contributed by atoms with Gasteiger partial charge in [0.1, 0.15) is 5.72 Å². The zero-order chi connectivity index (χ0) is 13.3. The third kappa shape index (κ3) is 2.09. The number of aliphatic carboxylic acids is 1. The Hall–Kier alpha value is -1.88. The molecule has 0 spiro atoms. The average Bonchev–Trinajstić information content (AvgIpc) is 2.65. The minimum Gasteiger partial charge on any atom is -0.480 e. The molecular weight excluding hydrogens is 234 g/mol. The molecule has 18 heavy (non-hydrogen) atoms. The number of hydrogen-bond acceptors (Lipinski definition) is 3. The van der Waals surface area contributed by atoms with Gasteiger partial charge in [0.15, 0.2) is 6.04 Å². The quantitative estimate of drug-likeness (QED) is 0.859. The van der Waals surface area contributed by atoms with Crippen molar-refractivity contribution in [2.75, 3.05) is 6.61 Å². The van der Waals surface area contributed by atoms with E-state index in [1.54, 1.807) is 44.2 Å². The second-order valence-electron chi connectivity index (χ2n) is 4.65. The van der Waals surface area contributed by atoms with Crippen molar-refractivity contribution in [1.82, 2.24) is 4.90 Å². The molecule has 0 saturated carbocycles. The highest BCUT2D eigenvalue weighted by molar-refractivity contribution is 5.97. The number of benzene rings is 1. The highest BCUT2D eigenvalue weighted by Gasteiger charge is 2.47. The maximum absolute atomic E-state index is 12.4. The minimum absolute atomic E-state index is 0.0148. The van der Waals surface area contributed by atoms with Gasteiger partial charge in [0, 0.05) is 5.56 Å². The zero-order valence-electron chi connectivity index (χ0n) is 10.3. The van der Waals surface area contributed by atoms with Gasteiger partial charge in [0.2, 0.25) is 0 Å². The lowest BCUT2D eigenvalue weighted by Crippen LogP contribution is -2.50. The molecule has 1 N–H and O–H groups in total. The normalized spacial score (nSPS) is 21.9. The van der Waals surface area contributed by atoms with Crippen LogP contribution in [0.5, 0.6) is 0 Å². The molecule has 1 amide bonds. The lowest BCUT2D eigenvalue weighted by Gasteiger charge is -2.32. The standard InChI is InChI=1S/C13H15NO4/c1-13(2)14(10(8-18-13)12(16)17)11(15)9-6-4-3-5-7-9/h3-7,10H,8H2,1-2H3,(H,16,17)/t10-/m0/s1. The van der Waals surface area contributed by atoms with E-state index in [1.165, 1.54) is 4.90 Å². The number of carbonyl (C=O) groups excluding carboxylic acids is 1. The Balaban J connectivity index is 2.34. The van der Waals surface area contributed by atoms with Gasteiger partial charge in [0.05, 0.1) is 6.61 Å². The van der Waals surface area contributed by atoms with Gasteiger partial charge in [-0.15, -0.1) is 0 Å². The van der Waals surface area contributed by atoms with Gasteiger partial charge in [-0.1, -0.05) is 18.2 Å². The first-order valence-electron chi connectivity index (χ1n) is 5.69. The van der Waals surface area contributed by atoms with Gasteiger partial charge < -0.3 is 9.84 Å². The molecule has 1 saturated heterocycles. The van der Waals surface area contributed by atoms with Crippen LogP contribution in [0, 0.1) is 0 Å². The molecule has 1 aliphatic rings. The van der Waals surface area contributed by atoms with Gasteiger partial charge >= 0.3 is 5.97 Å². The van der Waals surface area contributed by atoms with Gasteiger partial charge in [-0.2, -0.15) is 0 Å². The highest BCUT2D eigenvalue weighted by Crippen LogP contribution is 2.29. The number of amides is 1. The van der Waals surface area contributed by atoms with Crippen LogP contribution < -0.4 is 0 Å². The van der Waals surface area contributed by atoms with Crippen molar-refractivity contribution >= 4 is 11.9 Å². The lowest BCUT2D eigenvalue weighted by molar-refractivity contribution is -0.142. The Bertz CT molecular complexity index is 469. The van der Waals surface area contributed by atoms with Crippen molar-refractivity contribution in [2.45, 2.75) is 25.6 Å². The molecule has 0 unspecified atom stereocenters. The summed E-state index contributed by atoms with van der Waals surface area (Å²) in [6, 6.07) is 7.68. The van der Waals surface area contributed by atoms with E-state index in [0.717, 1.165) is 0 Å². The topological polar surface area (TPSA) is 66.8 Å². The van der Waals surface area contributed by atoms with Gasteiger partial charge in [-0.05, 0) is 26.0 Å². The lowest BCUT2D eigenvalue weighted by atomic mass is 10.1. The van der Waals surface area contributed by atoms with Crippen molar-refractivity contribution in [3.8, 4) is 0 Å². The summed E-state index contributed by atoms with van der Waals surface area (Å²) in [5, 5.41) is 9.14. The van der Waals surface area contributed by atoms with Crippen LogP contribution in [-0.4, -0.2) is 40.3 Å². The summed E-state index contributed by atoms with van der Waals surface area (Å²) in [4.78, 5) is 24.8. The molecule has 0 bridgehead atoms. The van der Waals surface area contributed by atoms with Gasteiger partial charge in [-0.3, -0.25) is 9.69 Å². The summed E-state index contributed by atoms with van der Waals surface area (Å²) >= 11 is 0. The van der Waals surface area contributed by atoms with E-state index >= 15 is 0 Å². The van der Waals surface area contributed by atoms with E-state index in [4.69, 9.17) is 9.84 Å². The number of carboxylic acids is 1.